The molecule has 1 aromatic carbocycles. The summed E-state index contributed by atoms with van der Waals surface area (Å²) in [5.41, 5.74) is 1.40. The Morgan fingerprint density at radius 1 is 1.40 bits per heavy atom. The fourth-order valence-corrected chi connectivity index (χ4v) is 2.84. The molecule has 1 aliphatic rings. The van der Waals surface area contributed by atoms with Gasteiger partial charge in [-0.05, 0) is 31.4 Å². The van der Waals surface area contributed by atoms with Crippen LogP contribution in [0.1, 0.15) is 25.3 Å². The van der Waals surface area contributed by atoms with Crippen LogP contribution in [0.3, 0.4) is 0 Å². The van der Waals surface area contributed by atoms with Gasteiger partial charge in [-0.1, -0.05) is 6.08 Å². The Balaban J connectivity index is 2.18. The van der Waals surface area contributed by atoms with E-state index in [1.54, 1.807) is 6.08 Å². The number of hydrogen-bond acceptors (Lipinski definition) is 3. The number of halogens is 2. The Morgan fingerprint density at radius 2 is 2.10 bits per heavy atom. The zero-order valence-electron chi connectivity index (χ0n) is 10.9. The van der Waals surface area contributed by atoms with Gasteiger partial charge in [0.1, 0.15) is 11.6 Å². The lowest BCUT2D eigenvalue weighted by molar-refractivity contribution is 0.481. The number of nitrogens with one attached hydrogen (secondary N) is 1. The van der Waals surface area contributed by atoms with E-state index in [4.69, 9.17) is 4.55 Å². The molecule has 0 aromatic heterocycles. The van der Waals surface area contributed by atoms with E-state index in [-0.39, 0.29) is 18.2 Å². The largest absolute Gasteiger partial charge is 0.378 e. The summed E-state index contributed by atoms with van der Waals surface area (Å²) in [5.74, 6) is -1.62. The van der Waals surface area contributed by atoms with E-state index in [9.17, 15) is 17.2 Å². The van der Waals surface area contributed by atoms with Crippen molar-refractivity contribution in [3.8, 4) is 0 Å². The standard InChI is InChI=1S/C13H15F2NO3S/c1-8-10(4-2-3-5-20(17,18)19)13-11(15)6-9(14)7-12(13)16-8/h4,6-8,16H,2-3,5H2,1H3,(H,17,18,19)/b10-4+. The molecule has 0 amide bonds. The van der Waals surface area contributed by atoms with E-state index in [0.717, 1.165) is 6.07 Å². The van der Waals surface area contributed by atoms with Crippen molar-refractivity contribution >= 4 is 21.4 Å². The molecule has 110 valence electrons. The van der Waals surface area contributed by atoms with Gasteiger partial charge in [0, 0.05) is 23.4 Å². The molecule has 0 radical (unpaired) electrons. The zero-order chi connectivity index (χ0) is 14.9. The highest BCUT2D eigenvalue weighted by atomic mass is 32.2. The molecule has 2 rings (SSSR count). The molecule has 2 N–H and O–H groups in total. The topological polar surface area (TPSA) is 66.4 Å². The molecule has 20 heavy (non-hydrogen) atoms. The van der Waals surface area contributed by atoms with Crippen molar-refractivity contribution in [1.82, 2.24) is 0 Å². The van der Waals surface area contributed by atoms with Crippen molar-refractivity contribution in [3.05, 3.63) is 35.4 Å². The third-order valence-electron chi connectivity index (χ3n) is 3.15. The van der Waals surface area contributed by atoms with Crippen LogP contribution in [-0.4, -0.2) is 24.8 Å². The van der Waals surface area contributed by atoms with E-state index in [2.05, 4.69) is 5.32 Å². The van der Waals surface area contributed by atoms with E-state index in [1.807, 2.05) is 6.92 Å². The summed E-state index contributed by atoms with van der Waals surface area (Å²) < 4.78 is 56.8. The van der Waals surface area contributed by atoms with Crippen LogP contribution in [0, 0.1) is 11.6 Å². The van der Waals surface area contributed by atoms with Gasteiger partial charge in [-0.25, -0.2) is 8.78 Å². The first kappa shape index (κ1) is 14.9. The second-order valence-electron chi connectivity index (χ2n) is 4.76. The quantitative estimate of drug-likeness (QED) is 0.663. The fourth-order valence-electron chi connectivity index (χ4n) is 2.31. The Kier molecular flexibility index (Phi) is 4.10. The van der Waals surface area contributed by atoms with Gasteiger partial charge in [-0.3, -0.25) is 4.55 Å². The van der Waals surface area contributed by atoms with Gasteiger partial charge >= 0.3 is 0 Å². The first-order valence-corrected chi connectivity index (χ1v) is 7.80. The van der Waals surface area contributed by atoms with Crippen LogP contribution in [-0.2, 0) is 10.1 Å². The first-order valence-electron chi connectivity index (χ1n) is 6.19. The molecule has 1 atom stereocenters. The molecule has 7 heteroatoms. The lowest BCUT2D eigenvalue weighted by Crippen LogP contribution is -2.08. The van der Waals surface area contributed by atoms with Gasteiger partial charge in [-0.15, -0.1) is 0 Å². The monoisotopic (exact) mass is 303 g/mol. The van der Waals surface area contributed by atoms with Crippen molar-refractivity contribution in [3.63, 3.8) is 0 Å². The fraction of sp³-hybridized carbons (Fsp3) is 0.385. The van der Waals surface area contributed by atoms with Gasteiger partial charge in [-0.2, -0.15) is 8.42 Å². The summed E-state index contributed by atoms with van der Waals surface area (Å²) in [7, 11) is -3.98. The molecule has 0 spiro atoms. The molecule has 0 fully saturated rings. The minimum Gasteiger partial charge on any atom is -0.378 e. The summed E-state index contributed by atoms with van der Waals surface area (Å²) in [6, 6.07) is 1.88. The summed E-state index contributed by atoms with van der Waals surface area (Å²) in [5, 5.41) is 2.97. The molecule has 1 aliphatic heterocycles. The second kappa shape index (κ2) is 5.49. The highest BCUT2D eigenvalue weighted by Crippen LogP contribution is 2.37. The van der Waals surface area contributed by atoms with Gasteiger partial charge < -0.3 is 5.32 Å². The van der Waals surface area contributed by atoms with Crippen LogP contribution in [0.15, 0.2) is 18.2 Å². The van der Waals surface area contributed by atoms with Gasteiger partial charge in [0.25, 0.3) is 10.1 Å². The number of fused-ring (bicyclic) bond motifs is 1. The van der Waals surface area contributed by atoms with E-state index >= 15 is 0 Å². The predicted octanol–water partition coefficient (Wildman–Crippen LogP) is 2.83. The maximum Gasteiger partial charge on any atom is 0.264 e. The second-order valence-corrected chi connectivity index (χ2v) is 6.34. The van der Waals surface area contributed by atoms with E-state index in [0.29, 0.717) is 23.2 Å². The SMILES string of the molecule is CC1Nc2cc(F)cc(F)c2/C1=C/CCCS(=O)(=O)O. The summed E-state index contributed by atoms with van der Waals surface area (Å²) in [6.45, 7) is 1.81. The molecular formula is C13H15F2NO3S. The molecule has 4 nitrogen and oxygen atoms in total. The van der Waals surface area contributed by atoms with Crippen molar-refractivity contribution in [2.24, 2.45) is 0 Å². The lowest BCUT2D eigenvalue weighted by Gasteiger charge is -2.06. The van der Waals surface area contributed by atoms with Crippen LogP contribution in [0.5, 0.6) is 0 Å². The summed E-state index contributed by atoms with van der Waals surface area (Å²) in [6.07, 6.45) is 2.35. The molecule has 0 saturated heterocycles. The van der Waals surface area contributed by atoms with Gasteiger partial charge in [0.05, 0.1) is 5.75 Å². The maximum atomic E-state index is 13.8. The molecule has 1 unspecified atom stereocenters. The molecule has 1 heterocycles. The Hall–Kier alpha value is -1.47. The molecule has 1 aromatic rings. The number of allylic oxidation sites excluding steroid dienone is 1. The minimum absolute atomic E-state index is 0.174. The smallest absolute Gasteiger partial charge is 0.264 e. The van der Waals surface area contributed by atoms with Crippen LogP contribution >= 0.6 is 0 Å². The number of unbranched alkanes of at least 4 members (excludes halogenated alkanes) is 1. The van der Waals surface area contributed by atoms with Crippen LogP contribution < -0.4 is 5.32 Å². The molecule has 0 saturated carbocycles. The van der Waals surface area contributed by atoms with Gasteiger partial charge in [0.2, 0.25) is 0 Å². The average Bonchev–Trinajstić information content (AvgIpc) is 2.59. The first-order chi connectivity index (χ1) is 9.28. The Labute approximate surface area is 116 Å². The molecule has 0 bridgehead atoms. The van der Waals surface area contributed by atoms with Crippen molar-refractivity contribution in [2.75, 3.05) is 11.1 Å². The number of rotatable bonds is 4. The summed E-state index contributed by atoms with van der Waals surface area (Å²) in [4.78, 5) is 0. The Morgan fingerprint density at radius 3 is 2.75 bits per heavy atom. The van der Waals surface area contributed by atoms with Crippen molar-refractivity contribution in [2.45, 2.75) is 25.8 Å². The number of anilines is 1. The predicted molar refractivity (Wildman–Crippen MR) is 73.1 cm³/mol. The Bertz CT molecular complexity index is 656. The van der Waals surface area contributed by atoms with Crippen LogP contribution in [0.25, 0.3) is 5.57 Å². The van der Waals surface area contributed by atoms with E-state index < -0.39 is 21.8 Å². The number of benzene rings is 1. The normalized spacial score (nSPS) is 20.0. The third kappa shape index (κ3) is 3.34. The number of hydrogen-bond donors (Lipinski definition) is 2. The zero-order valence-corrected chi connectivity index (χ0v) is 11.7. The van der Waals surface area contributed by atoms with Crippen molar-refractivity contribution < 1.29 is 21.8 Å². The van der Waals surface area contributed by atoms with Crippen LogP contribution in [0.4, 0.5) is 14.5 Å². The summed E-state index contributed by atoms with van der Waals surface area (Å²) >= 11 is 0. The van der Waals surface area contributed by atoms with Crippen LogP contribution in [0.2, 0.25) is 0 Å². The molecule has 0 aliphatic carbocycles. The minimum atomic E-state index is -3.98. The van der Waals surface area contributed by atoms with E-state index in [1.165, 1.54) is 6.07 Å². The average molecular weight is 303 g/mol. The van der Waals surface area contributed by atoms with Gasteiger partial charge in [0.15, 0.2) is 0 Å². The highest BCUT2D eigenvalue weighted by Gasteiger charge is 2.26. The lowest BCUT2D eigenvalue weighted by atomic mass is 10.0. The third-order valence-corrected chi connectivity index (χ3v) is 3.96. The van der Waals surface area contributed by atoms with Crippen molar-refractivity contribution in [1.29, 1.82) is 0 Å². The highest BCUT2D eigenvalue weighted by molar-refractivity contribution is 7.85. The molecular weight excluding hydrogens is 288 g/mol. The maximum absolute atomic E-state index is 13.8.